The van der Waals surface area contributed by atoms with Crippen LogP contribution in [0.3, 0.4) is 0 Å². The molecule has 2 heterocycles. The third kappa shape index (κ3) is 3.13. The van der Waals surface area contributed by atoms with E-state index in [0.717, 1.165) is 41.5 Å². The van der Waals surface area contributed by atoms with Crippen molar-refractivity contribution in [3.63, 3.8) is 0 Å². The van der Waals surface area contributed by atoms with Crippen molar-refractivity contribution in [3.8, 4) is 22.7 Å². The van der Waals surface area contributed by atoms with E-state index in [9.17, 15) is 0 Å². The molecule has 128 valence electrons. The third-order valence-electron chi connectivity index (χ3n) is 4.56. The van der Waals surface area contributed by atoms with Gasteiger partial charge in [-0.25, -0.2) is 4.68 Å². The molecule has 0 spiro atoms. The quantitative estimate of drug-likeness (QED) is 0.583. The lowest BCUT2D eigenvalue weighted by molar-refractivity contribution is 0.412. The van der Waals surface area contributed by atoms with Gasteiger partial charge in [-0.05, 0) is 66.1 Å². The average molecular weight is 445 g/mol. The zero-order chi connectivity index (χ0) is 17.2. The maximum atomic E-state index is 5.56. The summed E-state index contributed by atoms with van der Waals surface area (Å²) in [5, 5.41) is 8.57. The van der Waals surface area contributed by atoms with Gasteiger partial charge in [-0.15, -0.1) is 0 Å². The van der Waals surface area contributed by atoms with Crippen LogP contribution in [-0.2, 0) is 6.42 Å². The Balaban J connectivity index is 1.92. The fourth-order valence-corrected chi connectivity index (χ4v) is 3.68. The van der Waals surface area contributed by atoms with Gasteiger partial charge >= 0.3 is 0 Å². The van der Waals surface area contributed by atoms with E-state index >= 15 is 0 Å². The molecular weight excluding hydrogens is 425 g/mol. The van der Waals surface area contributed by atoms with E-state index in [4.69, 9.17) is 9.84 Å². The van der Waals surface area contributed by atoms with Crippen LogP contribution in [0.5, 0.6) is 5.75 Å². The molecule has 5 heteroatoms. The summed E-state index contributed by atoms with van der Waals surface area (Å²) >= 11 is 2.33. The van der Waals surface area contributed by atoms with E-state index < -0.39 is 0 Å². The molecule has 25 heavy (non-hydrogen) atoms. The van der Waals surface area contributed by atoms with Gasteiger partial charge < -0.3 is 10.1 Å². The fourth-order valence-electron chi connectivity index (χ4n) is 3.32. The molecule has 3 aromatic rings. The standard InChI is InChI=1S/C20H20IN3O/c1-25-18-8-3-2-7-17(18)24-20-16(6-4-5-13-22-20)19(23-24)14-9-11-15(21)12-10-14/h2-3,7-12,22H,4-6,13H2,1H3. The van der Waals surface area contributed by atoms with E-state index in [1.54, 1.807) is 7.11 Å². The number of methoxy groups -OCH3 is 1. The zero-order valence-corrected chi connectivity index (χ0v) is 16.3. The summed E-state index contributed by atoms with van der Waals surface area (Å²) in [5.74, 6) is 1.92. The van der Waals surface area contributed by atoms with Crippen molar-refractivity contribution in [2.45, 2.75) is 19.3 Å². The maximum absolute atomic E-state index is 5.56. The number of halogens is 1. The molecule has 1 aliphatic heterocycles. The van der Waals surface area contributed by atoms with Crippen molar-refractivity contribution < 1.29 is 4.74 Å². The van der Waals surface area contributed by atoms with Crippen LogP contribution in [-0.4, -0.2) is 23.4 Å². The highest BCUT2D eigenvalue weighted by molar-refractivity contribution is 14.1. The summed E-state index contributed by atoms with van der Waals surface area (Å²) in [6, 6.07) is 16.6. The molecule has 0 amide bonds. The van der Waals surface area contributed by atoms with Crippen LogP contribution in [0.4, 0.5) is 5.82 Å². The van der Waals surface area contributed by atoms with Gasteiger partial charge in [0.25, 0.3) is 0 Å². The highest BCUT2D eigenvalue weighted by Gasteiger charge is 2.22. The van der Waals surface area contributed by atoms with Crippen LogP contribution in [0.15, 0.2) is 48.5 Å². The topological polar surface area (TPSA) is 39.1 Å². The monoisotopic (exact) mass is 445 g/mol. The van der Waals surface area contributed by atoms with Crippen LogP contribution in [0.25, 0.3) is 16.9 Å². The minimum Gasteiger partial charge on any atom is -0.494 e. The van der Waals surface area contributed by atoms with E-state index in [0.29, 0.717) is 0 Å². The average Bonchev–Trinajstić information content (AvgIpc) is 2.83. The van der Waals surface area contributed by atoms with Gasteiger partial charge in [0.1, 0.15) is 17.3 Å². The van der Waals surface area contributed by atoms with E-state index in [2.05, 4.69) is 58.2 Å². The van der Waals surface area contributed by atoms with Crippen LogP contribution in [0.2, 0.25) is 0 Å². The highest BCUT2D eigenvalue weighted by Crippen LogP contribution is 2.36. The number of para-hydroxylation sites is 2. The molecule has 1 aliphatic rings. The second-order valence-electron chi connectivity index (χ2n) is 6.15. The van der Waals surface area contributed by atoms with E-state index in [1.807, 2.05) is 22.9 Å². The first-order chi connectivity index (χ1) is 12.3. The predicted molar refractivity (Wildman–Crippen MR) is 110 cm³/mol. The van der Waals surface area contributed by atoms with Gasteiger partial charge in [-0.1, -0.05) is 24.3 Å². The summed E-state index contributed by atoms with van der Waals surface area (Å²) < 4.78 is 8.80. The van der Waals surface area contributed by atoms with Crippen molar-refractivity contribution in [1.82, 2.24) is 9.78 Å². The number of ether oxygens (including phenoxy) is 1. The largest absolute Gasteiger partial charge is 0.494 e. The van der Waals surface area contributed by atoms with Gasteiger partial charge in [0, 0.05) is 21.2 Å². The Bertz CT molecular complexity index is 886. The lowest BCUT2D eigenvalue weighted by atomic mass is 10.0. The number of nitrogens with one attached hydrogen (secondary N) is 1. The molecule has 4 nitrogen and oxygen atoms in total. The Morgan fingerprint density at radius 2 is 1.88 bits per heavy atom. The molecule has 0 atom stereocenters. The number of aromatic nitrogens is 2. The summed E-state index contributed by atoms with van der Waals surface area (Å²) in [6.45, 7) is 0.972. The molecule has 0 unspecified atom stereocenters. The van der Waals surface area contributed by atoms with Crippen LogP contribution in [0.1, 0.15) is 18.4 Å². The molecule has 1 aromatic heterocycles. The van der Waals surface area contributed by atoms with Crippen LogP contribution >= 0.6 is 22.6 Å². The van der Waals surface area contributed by atoms with Crippen molar-refractivity contribution in [2.75, 3.05) is 19.0 Å². The van der Waals surface area contributed by atoms with E-state index in [1.165, 1.54) is 22.0 Å². The molecule has 0 bridgehead atoms. The van der Waals surface area contributed by atoms with Crippen molar-refractivity contribution in [3.05, 3.63) is 57.7 Å². The molecule has 1 N–H and O–H groups in total. The number of hydrogen-bond donors (Lipinski definition) is 1. The fraction of sp³-hybridized carbons (Fsp3) is 0.250. The Morgan fingerprint density at radius 1 is 1.08 bits per heavy atom. The maximum Gasteiger partial charge on any atom is 0.144 e. The minimum absolute atomic E-state index is 0.827. The van der Waals surface area contributed by atoms with Gasteiger partial charge in [0.2, 0.25) is 0 Å². The molecule has 0 aliphatic carbocycles. The number of benzene rings is 2. The molecule has 4 rings (SSSR count). The summed E-state index contributed by atoms with van der Waals surface area (Å²) in [4.78, 5) is 0. The summed E-state index contributed by atoms with van der Waals surface area (Å²) in [6.07, 6.45) is 3.39. The van der Waals surface area contributed by atoms with Gasteiger partial charge in [0.05, 0.1) is 12.8 Å². The second-order valence-corrected chi connectivity index (χ2v) is 7.40. The molecule has 0 radical (unpaired) electrons. The van der Waals surface area contributed by atoms with Crippen LogP contribution in [0, 0.1) is 3.57 Å². The van der Waals surface area contributed by atoms with Crippen molar-refractivity contribution in [1.29, 1.82) is 0 Å². The Kier molecular flexibility index (Phi) is 4.65. The first-order valence-corrected chi connectivity index (χ1v) is 9.61. The first kappa shape index (κ1) is 16.4. The van der Waals surface area contributed by atoms with Crippen molar-refractivity contribution in [2.24, 2.45) is 0 Å². The van der Waals surface area contributed by atoms with Crippen LogP contribution < -0.4 is 10.1 Å². The minimum atomic E-state index is 0.827. The number of fused-ring (bicyclic) bond motifs is 1. The molecule has 2 aromatic carbocycles. The number of nitrogens with zero attached hydrogens (tertiary/aromatic N) is 2. The second kappa shape index (κ2) is 7.07. The van der Waals surface area contributed by atoms with Gasteiger partial charge in [0.15, 0.2) is 0 Å². The molecular formula is C20H20IN3O. The lowest BCUT2D eigenvalue weighted by Crippen LogP contribution is -2.08. The number of rotatable bonds is 3. The number of hydrogen-bond acceptors (Lipinski definition) is 3. The highest BCUT2D eigenvalue weighted by atomic mass is 127. The SMILES string of the molecule is COc1ccccc1-n1nc(-c2ccc(I)cc2)c2c1NCCCC2. The smallest absolute Gasteiger partial charge is 0.144 e. The zero-order valence-electron chi connectivity index (χ0n) is 14.1. The van der Waals surface area contributed by atoms with Crippen molar-refractivity contribution >= 4 is 28.4 Å². The molecule has 0 saturated heterocycles. The van der Waals surface area contributed by atoms with Gasteiger partial charge in [-0.3, -0.25) is 0 Å². The Morgan fingerprint density at radius 3 is 2.68 bits per heavy atom. The number of anilines is 1. The Labute approximate surface area is 161 Å². The summed E-state index contributed by atoms with van der Waals surface area (Å²) in [7, 11) is 1.70. The van der Waals surface area contributed by atoms with Gasteiger partial charge in [-0.2, -0.15) is 5.10 Å². The first-order valence-electron chi connectivity index (χ1n) is 8.53. The third-order valence-corrected chi connectivity index (χ3v) is 5.28. The molecule has 0 fully saturated rings. The summed E-state index contributed by atoms with van der Waals surface area (Å²) in [5.41, 5.74) is 4.48. The normalized spacial score (nSPS) is 13.7. The predicted octanol–water partition coefficient (Wildman–Crippen LogP) is 4.90. The van der Waals surface area contributed by atoms with E-state index in [-0.39, 0.29) is 0 Å². The lowest BCUT2D eigenvalue weighted by Gasteiger charge is -2.12. The molecule has 0 saturated carbocycles. The Hall–Kier alpha value is -2.02.